The Morgan fingerprint density at radius 2 is 1.85 bits per heavy atom. The summed E-state index contributed by atoms with van der Waals surface area (Å²) in [5, 5.41) is 8.54. The predicted molar refractivity (Wildman–Crippen MR) is 134 cm³/mol. The summed E-state index contributed by atoms with van der Waals surface area (Å²) in [6, 6.07) is 8.16. The van der Waals surface area contributed by atoms with Crippen LogP contribution in [-0.2, 0) is 25.4 Å². The summed E-state index contributed by atoms with van der Waals surface area (Å²) in [4.78, 5) is 22.6. The summed E-state index contributed by atoms with van der Waals surface area (Å²) < 4.78 is 10.6. The van der Waals surface area contributed by atoms with Gasteiger partial charge < -0.3 is 10.1 Å². The van der Waals surface area contributed by atoms with Gasteiger partial charge in [-0.1, -0.05) is 6.07 Å². The summed E-state index contributed by atoms with van der Waals surface area (Å²) in [6.45, 7) is 4.35. The molecule has 4 heterocycles. The van der Waals surface area contributed by atoms with Crippen molar-refractivity contribution in [2.45, 2.75) is 20.5 Å². The molecule has 0 aliphatic carbocycles. The Morgan fingerprint density at radius 1 is 1.06 bits per heavy atom. The van der Waals surface area contributed by atoms with E-state index >= 15 is 0 Å². The van der Waals surface area contributed by atoms with Crippen LogP contribution in [0.3, 0.4) is 0 Å². The first kappa shape index (κ1) is 21.8. The molecule has 0 saturated heterocycles. The molecular weight excluding hydrogens is 430 g/mol. The zero-order valence-corrected chi connectivity index (χ0v) is 20.2. The Labute approximate surface area is 196 Å². The summed E-state index contributed by atoms with van der Waals surface area (Å²) in [6.07, 6.45) is 3.60. The average molecular weight is 458 g/mol. The van der Waals surface area contributed by atoms with Crippen molar-refractivity contribution in [1.82, 2.24) is 28.9 Å². The smallest absolute Gasteiger partial charge is 0.333 e. The standard InChI is InChI=1S/C25H27N7O2/c1-14-22(15(2)31(5)29-14)32-23-19-10-16(17-9-18(13-34-6)24(26-3)28-11-17)7-8-20(19)27-12-21(23)30(4)25(32)33/h7-12H,13H2,1-6H3,(H,26,28). The highest BCUT2D eigenvalue weighted by Gasteiger charge is 2.21. The topological polar surface area (TPSA) is 91.8 Å². The Kier molecular flexibility index (Phi) is 5.21. The summed E-state index contributed by atoms with van der Waals surface area (Å²) in [7, 11) is 7.18. The number of nitrogens with one attached hydrogen (secondary N) is 1. The molecule has 0 radical (unpaired) electrons. The van der Waals surface area contributed by atoms with Crippen LogP contribution >= 0.6 is 0 Å². The number of benzene rings is 1. The number of anilines is 1. The van der Waals surface area contributed by atoms with Crippen molar-refractivity contribution >= 4 is 27.8 Å². The highest BCUT2D eigenvalue weighted by Crippen LogP contribution is 2.31. The van der Waals surface area contributed by atoms with E-state index in [2.05, 4.69) is 32.5 Å². The van der Waals surface area contributed by atoms with Crippen LogP contribution in [0.5, 0.6) is 0 Å². The van der Waals surface area contributed by atoms with Gasteiger partial charge >= 0.3 is 5.69 Å². The molecular formula is C25H27N7O2. The Morgan fingerprint density at radius 3 is 2.53 bits per heavy atom. The maximum atomic E-state index is 13.4. The minimum atomic E-state index is -0.128. The number of aromatic nitrogens is 6. The van der Waals surface area contributed by atoms with Crippen molar-refractivity contribution < 1.29 is 4.74 Å². The van der Waals surface area contributed by atoms with Crippen LogP contribution in [0, 0.1) is 13.8 Å². The molecule has 0 aliphatic heterocycles. The lowest BCUT2D eigenvalue weighted by Crippen LogP contribution is -2.21. The number of nitrogens with zero attached hydrogens (tertiary/aromatic N) is 6. The van der Waals surface area contributed by atoms with Gasteiger partial charge in [0, 0.05) is 51.0 Å². The van der Waals surface area contributed by atoms with Gasteiger partial charge in [-0.25, -0.2) is 9.78 Å². The lowest BCUT2D eigenvalue weighted by Gasteiger charge is -2.11. The SMILES string of the molecule is CNc1ncc(-c2ccc3ncc4c(c3c2)n(-c2c(C)nn(C)c2C)c(=O)n4C)cc1COC. The predicted octanol–water partition coefficient (Wildman–Crippen LogP) is 3.48. The molecule has 174 valence electrons. The van der Waals surface area contributed by atoms with E-state index in [1.54, 1.807) is 34.2 Å². The number of aryl methyl sites for hydroxylation is 3. The van der Waals surface area contributed by atoms with Gasteiger partial charge in [0.15, 0.2) is 0 Å². The first-order valence-corrected chi connectivity index (χ1v) is 11.0. The van der Waals surface area contributed by atoms with Gasteiger partial charge in [0.05, 0.1) is 46.4 Å². The third-order valence-electron chi connectivity index (χ3n) is 6.41. The van der Waals surface area contributed by atoms with Crippen molar-refractivity contribution in [2.24, 2.45) is 14.1 Å². The van der Waals surface area contributed by atoms with Gasteiger partial charge in [0.25, 0.3) is 0 Å². The number of hydrogen-bond donors (Lipinski definition) is 1. The van der Waals surface area contributed by atoms with E-state index in [4.69, 9.17) is 4.74 Å². The van der Waals surface area contributed by atoms with Crippen LogP contribution < -0.4 is 11.0 Å². The third-order valence-corrected chi connectivity index (χ3v) is 6.41. The zero-order valence-electron chi connectivity index (χ0n) is 20.2. The molecule has 5 rings (SSSR count). The van der Waals surface area contributed by atoms with Gasteiger partial charge in [0.1, 0.15) is 5.82 Å². The van der Waals surface area contributed by atoms with E-state index in [0.29, 0.717) is 6.61 Å². The van der Waals surface area contributed by atoms with Gasteiger partial charge in [-0.05, 0) is 37.6 Å². The van der Waals surface area contributed by atoms with Crippen molar-refractivity contribution in [3.63, 3.8) is 0 Å². The maximum absolute atomic E-state index is 13.4. The fourth-order valence-electron chi connectivity index (χ4n) is 4.63. The second-order valence-electron chi connectivity index (χ2n) is 8.46. The Bertz CT molecular complexity index is 1620. The molecule has 1 aromatic carbocycles. The van der Waals surface area contributed by atoms with Crippen LogP contribution in [0.2, 0.25) is 0 Å². The lowest BCUT2D eigenvalue weighted by molar-refractivity contribution is 0.185. The van der Waals surface area contributed by atoms with Crippen molar-refractivity contribution in [2.75, 3.05) is 19.5 Å². The van der Waals surface area contributed by atoms with E-state index in [0.717, 1.165) is 61.5 Å². The van der Waals surface area contributed by atoms with Crippen molar-refractivity contribution in [3.05, 3.63) is 64.1 Å². The normalized spacial score (nSPS) is 11.6. The molecule has 0 aliphatic rings. The number of hydrogen-bond acceptors (Lipinski definition) is 6. The Balaban J connectivity index is 1.82. The summed E-state index contributed by atoms with van der Waals surface area (Å²) >= 11 is 0. The molecule has 4 aromatic heterocycles. The fourth-order valence-corrected chi connectivity index (χ4v) is 4.63. The number of methoxy groups -OCH3 is 1. The van der Waals surface area contributed by atoms with Crippen molar-refractivity contribution in [3.8, 4) is 16.8 Å². The van der Waals surface area contributed by atoms with Crippen LogP contribution in [0.25, 0.3) is 38.8 Å². The van der Waals surface area contributed by atoms with Gasteiger partial charge in [-0.3, -0.25) is 18.8 Å². The highest BCUT2D eigenvalue weighted by molar-refractivity contribution is 6.04. The van der Waals surface area contributed by atoms with Gasteiger partial charge in [-0.2, -0.15) is 5.10 Å². The largest absolute Gasteiger partial charge is 0.380 e. The molecule has 0 atom stereocenters. The van der Waals surface area contributed by atoms with Crippen LogP contribution in [0.4, 0.5) is 5.82 Å². The van der Waals surface area contributed by atoms with Crippen LogP contribution in [0.1, 0.15) is 17.0 Å². The fraction of sp³-hybridized carbons (Fsp3) is 0.280. The lowest BCUT2D eigenvalue weighted by atomic mass is 10.0. The molecule has 0 fully saturated rings. The second kappa shape index (κ2) is 8.11. The highest BCUT2D eigenvalue weighted by atomic mass is 16.5. The molecule has 9 heteroatoms. The van der Waals surface area contributed by atoms with E-state index in [-0.39, 0.29) is 5.69 Å². The van der Waals surface area contributed by atoms with Crippen molar-refractivity contribution in [1.29, 1.82) is 0 Å². The molecule has 9 nitrogen and oxygen atoms in total. The van der Waals surface area contributed by atoms with E-state index in [9.17, 15) is 4.79 Å². The first-order valence-electron chi connectivity index (χ1n) is 11.0. The summed E-state index contributed by atoms with van der Waals surface area (Å²) in [5.74, 6) is 0.787. The molecule has 0 unspecified atom stereocenters. The molecule has 0 saturated carbocycles. The number of imidazole rings is 1. The first-order chi connectivity index (χ1) is 16.3. The van der Waals surface area contributed by atoms with Crippen LogP contribution in [0.15, 0.2) is 41.5 Å². The third kappa shape index (κ3) is 3.19. The minimum absolute atomic E-state index is 0.128. The van der Waals surface area contributed by atoms with Crippen LogP contribution in [-0.4, -0.2) is 43.0 Å². The molecule has 34 heavy (non-hydrogen) atoms. The monoisotopic (exact) mass is 457 g/mol. The zero-order chi connectivity index (χ0) is 24.1. The number of ether oxygens (including phenoxy) is 1. The summed E-state index contributed by atoms with van der Waals surface area (Å²) in [5.41, 5.74) is 7.70. The van der Waals surface area contributed by atoms with Gasteiger partial charge in [0.2, 0.25) is 0 Å². The molecule has 0 bridgehead atoms. The molecule has 1 N–H and O–H groups in total. The average Bonchev–Trinajstić information content (AvgIpc) is 3.24. The van der Waals surface area contributed by atoms with E-state index in [1.165, 1.54) is 0 Å². The van der Waals surface area contributed by atoms with Gasteiger partial charge in [-0.15, -0.1) is 0 Å². The Hall–Kier alpha value is -3.98. The number of pyridine rings is 2. The second-order valence-corrected chi connectivity index (χ2v) is 8.46. The molecule has 0 amide bonds. The number of fused-ring (bicyclic) bond motifs is 3. The minimum Gasteiger partial charge on any atom is -0.380 e. The van der Waals surface area contributed by atoms with E-state index in [1.807, 2.05) is 46.3 Å². The molecule has 0 spiro atoms. The molecule has 5 aromatic rings. The number of rotatable bonds is 5. The quantitative estimate of drug-likeness (QED) is 0.435. The maximum Gasteiger partial charge on any atom is 0.333 e. The van der Waals surface area contributed by atoms with E-state index < -0.39 is 0 Å².